The van der Waals surface area contributed by atoms with E-state index in [-0.39, 0.29) is 0 Å². The van der Waals surface area contributed by atoms with Crippen LogP contribution in [-0.2, 0) is 0 Å². The van der Waals surface area contributed by atoms with E-state index >= 15 is 0 Å². The van der Waals surface area contributed by atoms with Crippen molar-refractivity contribution in [1.29, 1.82) is 0 Å². The summed E-state index contributed by atoms with van der Waals surface area (Å²) in [5.41, 5.74) is 1.98. The van der Waals surface area contributed by atoms with Crippen LogP contribution in [0.15, 0.2) is 34.9 Å². The van der Waals surface area contributed by atoms with Gasteiger partial charge in [0.25, 0.3) is 0 Å². The van der Waals surface area contributed by atoms with E-state index in [1.54, 1.807) is 14.2 Å². The number of benzene rings is 1. The van der Waals surface area contributed by atoms with Crippen LogP contribution in [0, 0.1) is 0 Å². The average molecular weight is 282 g/mol. The number of ether oxygens (including phenoxy) is 2. The number of aromatic amines is 1. The monoisotopic (exact) mass is 281 g/mol. The molecule has 1 N–H and O–H groups in total. The molecule has 1 aromatic carbocycles. The Morgan fingerprint density at radius 2 is 1.81 bits per heavy atom. The van der Waals surface area contributed by atoms with Crippen LogP contribution in [-0.4, -0.2) is 19.2 Å². The van der Waals surface area contributed by atoms with Crippen molar-refractivity contribution in [2.45, 2.75) is 0 Å². The molecule has 0 atom stereocenters. The van der Waals surface area contributed by atoms with Gasteiger partial charge >= 0.3 is 0 Å². The molecular formula is C12H12BrNO2. The van der Waals surface area contributed by atoms with Gasteiger partial charge in [-0.1, -0.05) is 0 Å². The number of methoxy groups -OCH3 is 2. The van der Waals surface area contributed by atoms with Crippen molar-refractivity contribution >= 4 is 15.9 Å². The quantitative estimate of drug-likeness (QED) is 0.935. The van der Waals surface area contributed by atoms with Gasteiger partial charge in [0.1, 0.15) is 0 Å². The van der Waals surface area contributed by atoms with Crippen LogP contribution in [0.25, 0.3) is 11.3 Å². The van der Waals surface area contributed by atoms with Crippen molar-refractivity contribution in [3.63, 3.8) is 0 Å². The second-order valence-electron chi connectivity index (χ2n) is 3.25. The lowest BCUT2D eigenvalue weighted by Crippen LogP contribution is -1.94. The van der Waals surface area contributed by atoms with Crippen molar-refractivity contribution in [2.75, 3.05) is 14.2 Å². The molecule has 4 heteroatoms. The average Bonchev–Trinajstić information content (AvgIpc) is 2.81. The minimum Gasteiger partial charge on any atom is -0.492 e. The van der Waals surface area contributed by atoms with Crippen LogP contribution < -0.4 is 9.47 Å². The predicted molar refractivity (Wildman–Crippen MR) is 67.0 cm³/mol. The maximum Gasteiger partial charge on any atom is 0.175 e. The second-order valence-corrected chi connectivity index (χ2v) is 4.10. The van der Waals surface area contributed by atoms with Crippen molar-refractivity contribution in [3.8, 4) is 22.8 Å². The largest absolute Gasteiger partial charge is 0.492 e. The fourth-order valence-electron chi connectivity index (χ4n) is 1.64. The van der Waals surface area contributed by atoms with E-state index in [4.69, 9.17) is 9.47 Å². The van der Waals surface area contributed by atoms with Crippen molar-refractivity contribution in [2.24, 2.45) is 0 Å². The lowest BCUT2D eigenvalue weighted by Gasteiger charge is -2.13. The first kappa shape index (κ1) is 11.1. The number of rotatable bonds is 3. The highest BCUT2D eigenvalue weighted by Gasteiger charge is 2.15. The third kappa shape index (κ3) is 1.80. The zero-order valence-corrected chi connectivity index (χ0v) is 10.7. The molecule has 1 heterocycles. The number of H-pyrrole nitrogens is 1. The molecule has 0 aliphatic carbocycles. The summed E-state index contributed by atoms with van der Waals surface area (Å²) in [5.74, 6) is 1.42. The van der Waals surface area contributed by atoms with Gasteiger partial charge in [0, 0.05) is 17.5 Å². The smallest absolute Gasteiger partial charge is 0.175 e. The molecule has 2 aromatic rings. The van der Waals surface area contributed by atoms with Gasteiger partial charge in [-0.2, -0.15) is 0 Å². The summed E-state index contributed by atoms with van der Waals surface area (Å²) in [6, 6.07) is 7.86. The molecule has 0 saturated heterocycles. The standard InChI is InChI=1S/C12H12BrNO2/c1-15-11-8(10-4-3-7-14-10)5-6-9(13)12(11)16-2/h3-7,14H,1-2H3. The van der Waals surface area contributed by atoms with Crippen LogP contribution in [0.3, 0.4) is 0 Å². The van der Waals surface area contributed by atoms with Crippen LogP contribution in [0.5, 0.6) is 11.5 Å². The first-order chi connectivity index (χ1) is 7.77. The zero-order chi connectivity index (χ0) is 11.5. The summed E-state index contributed by atoms with van der Waals surface area (Å²) >= 11 is 3.43. The molecule has 0 bridgehead atoms. The summed E-state index contributed by atoms with van der Waals surface area (Å²) in [6.07, 6.45) is 1.88. The fraction of sp³-hybridized carbons (Fsp3) is 0.167. The third-order valence-corrected chi connectivity index (χ3v) is 2.98. The van der Waals surface area contributed by atoms with Crippen LogP contribution >= 0.6 is 15.9 Å². The van der Waals surface area contributed by atoms with E-state index in [1.165, 1.54) is 0 Å². The number of halogens is 1. The Kier molecular flexibility index (Phi) is 3.19. The Morgan fingerprint density at radius 1 is 1.06 bits per heavy atom. The zero-order valence-electron chi connectivity index (χ0n) is 9.08. The van der Waals surface area contributed by atoms with Gasteiger partial charge in [-0.3, -0.25) is 0 Å². The summed E-state index contributed by atoms with van der Waals surface area (Å²) in [4.78, 5) is 3.15. The molecule has 0 radical (unpaired) electrons. The highest BCUT2D eigenvalue weighted by atomic mass is 79.9. The summed E-state index contributed by atoms with van der Waals surface area (Å²) in [7, 11) is 3.26. The summed E-state index contributed by atoms with van der Waals surface area (Å²) in [6.45, 7) is 0. The molecule has 0 amide bonds. The molecule has 84 valence electrons. The van der Waals surface area contributed by atoms with Crippen molar-refractivity contribution in [3.05, 3.63) is 34.9 Å². The van der Waals surface area contributed by atoms with Crippen LogP contribution in [0.2, 0.25) is 0 Å². The fourth-order valence-corrected chi connectivity index (χ4v) is 2.12. The van der Waals surface area contributed by atoms with E-state index in [0.717, 1.165) is 21.5 Å². The minimum absolute atomic E-state index is 0.703. The highest BCUT2D eigenvalue weighted by molar-refractivity contribution is 9.10. The molecular weight excluding hydrogens is 270 g/mol. The Hall–Kier alpha value is -1.42. The molecule has 0 unspecified atom stereocenters. The summed E-state index contributed by atoms with van der Waals surface area (Å²) < 4.78 is 11.6. The third-order valence-electron chi connectivity index (χ3n) is 2.36. The maximum absolute atomic E-state index is 5.40. The number of aromatic nitrogens is 1. The van der Waals surface area contributed by atoms with Crippen LogP contribution in [0.4, 0.5) is 0 Å². The molecule has 0 saturated carbocycles. The molecule has 3 nitrogen and oxygen atoms in total. The van der Waals surface area contributed by atoms with Crippen molar-refractivity contribution < 1.29 is 9.47 Å². The Morgan fingerprint density at radius 3 is 2.38 bits per heavy atom. The van der Waals surface area contributed by atoms with E-state index in [9.17, 15) is 0 Å². The SMILES string of the molecule is COc1c(Br)ccc(-c2ccc[nH]2)c1OC. The van der Waals surface area contributed by atoms with E-state index in [1.807, 2.05) is 30.5 Å². The number of hydrogen-bond donors (Lipinski definition) is 1. The molecule has 2 rings (SSSR count). The minimum atomic E-state index is 0.703. The molecule has 1 aromatic heterocycles. The Balaban J connectivity index is 2.62. The Labute approximate surface area is 103 Å². The lowest BCUT2D eigenvalue weighted by molar-refractivity contribution is 0.354. The normalized spacial score (nSPS) is 10.2. The van der Waals surface area contributed by atoms with Crippen molar-refractivity contribution in [1.82, 2.24) is 4.98 Å². The lowest BCUT2D eigenvalue weighted by atomic mass is 10.1. The van der Waals surface area contributed by atoms with Gasteiger partial charge in [-0.15, -0.1) is 0 Å². The molecule has 0 aliphatic heterocycles. The van der Waals surface area contributed by atoms with Gasteiger partial charge in [-0.25, -0.2) is 0 Å². The molecule has 0 fully saturated rings. The maximum atomic E-state index is 5.40. The number of nitrogens with one attached hydrogen (secondary N) is 1. The van der Waals surface area contributed by atoms with Gasteiger partial charge in [-0.05, 0) is 40.2 Å². The molecule has 16 heavy (non-hydrogen) atoms. The summed E-state index contributed by atoms with van der Waals surface area (Å²) in [5, 5.41) is 0. The second kappa shape index (κ2) is 4.61. The number of hydrogen-bond acceptors (Lipinski definition) is 2. The first-order valence-corrected chi connectivity index (χ1v) is 5.61. The van der Waals surface area contributed by atoms with Gasteiger partial charge < -0.3 is 14.5 Å². The topological polar surface area (TPSA) is 34.2 Å². The van der Waals surface area contributed by atoms with Gasteiger partial charge in [0.05, 0.1) is 18.7 Å². The predicted octanol–water partition coefficient (Wildman–Crippen LogP) is 3.46. The van der Waals surface area contributed by atoms with E-state index < -0.39 is 0 Å². The van der Waals surface area contributed by atoms with E-state index in [0.29, 0.717) is 5.75 Å². The highest BCUT2D eigenvalue weighted by Crippen LogP contribution is 2.42. The molecule has 0 spiro atoms. The molecule has 0 aliphatic rings. The Bertz CT molecular complexity index is 480. The first-order valence-electron chi connectivity index (χ1n) is 4.82. The van der Waals surface area contributed by atoms with E-state index in [2.05, 4.69) is 20.9 Å². The van der Waals surface area contributed by atoms with Gasteiger partial charge in [0.2, 0.25) is 0 Å². The van der Waals surface area contributed by atoms with Gasteiger partial charge in [0.15, 0.2) is 11.5 Å². The van der Waals surface area contributed by atoms with Crippen LogP contribution in [0.1, 0.15) is 0 Å².